The molecule has 0 bridgehead atoms. The number of hydrogen-bond acceptors (Lipinski definition) is 5. The molecule has 8 nitrogen and oxygen atoms in total. The van der Waals surface area contributed by atoms with E-state index < -0.39 is 43.6 Å². The van der Waals surface area contributed by atoms with Crippen molar-refractivity contribution in [3.8, 4) is 0 Å². The van der Waals surface area contributed by atoms with Crippen LogP contribution in [0.2, 0.25) is 0 Å². The van der Waals surface area contributed by atoms with Gasteiger partial charge in [0.05, 0.1) is 5.75 Å². The van der Waals surface area contributed by atoms with Crippen LogP contribution in [-0.4, -0.2) is 45.5 Å². The summed E-state index contributed by atoms with van der Waals surface area (Å²) in [5.41, 5.74) is 0. The number of carboxylic acid groups (broad SMARTS) is 1. The van der Waals surface area contributed by atoms with Crippen LogP contribution in [0.5, 0.6) is 0 Å². The maximum atomic E-state index is 11.1. The van der Waals surface area contributed by atoms with Gasteiger partial charge in [-0.1, -0.05) is 0 Å². The van der Waals surface area contributed by atoms with E-state index in [0.717, 1.165) is 6.92 Å². The maximum absolute atomic E-state index is 11.1. The van der Waals surface area contributed by atoms with Gasteiger partial charge in [0.25, 0.3) is 0 Å². The van der Waals surface area contributed by atoms with Crippen LogP contribution in [0.1, 0.15) is 6.92 Å². The first-order chi connectivity index (χ1) is 6.56. The van der Waals surface area contributed by atoms with Gasteiger partial charge >= 0.3 is 5.97 Å². The molecule has 0 heterocycles. The molecule has 0 amide bonds. The molecule has 0 fully saturated rings. The SMILES string of the molecule is CC(C(=O)O)S(=O)(=O)NCCS(N)(=O)=O. The molecular formula is C5H12N2O6S2. The quantitative estimate of drug-likeness (QED) is 0.488. The van der Waals surface area contributed by atoms with E-state index in [9.17, 15) is 21.6 Å². The van der Waals surface area contributed by atoms with Crippen LogP contribution in [0.25, 0.3) is 0 Å². The lowest BCUT2D eigenvalue weighted by molar-refractivity contribution is -0.136. The van der Waals surface area contributed by atoms with Crippen molar-refractivity contribution in [1.82, 2.24) is 4.72 Å². The lowest BCUT2D eigenvalue weighted by atomic mass is 10.5. The number of primary sulfonamides is 1. The molecule has 0 aliphatic rings. The van der Waals surface area contributed by atoms with Gasteiger partial charge in [0.2, 0.25) is 20.0 Å². The second-order valence-electron chi connectivity index (χ2n) is 2.79. The third kappa shape index (κ3) is 5.67. The number of aliphatic carboxylic acids is 1. The second-order valence-corrected chi connectivity index (χ2v) is 6.61. The van der Waals surface area contributed by atoms with Crippen molar-refractivity contribution >= 4 is 26.0 Å². The fourth-order valence-corrected chi connectivity index (χ4v) is 2.00. The topological polar surface area (TPSA) is 144 Å². The standard InChI is InChI=1S/C5H12N2O6S2/c1-4(5(8)9)15(12,13)7-2-3-14(6,10)11/h4,7H,2-3H2,1H3,(H,8,9)(H2,6,10,11). The highest BCUT2D eigenvalue weighted by Gasteiger charge is 2.27. The van der Waals surface area contributed by atoms with Crippen LogP contribution in [0, 0.1) is 0 Å². The molecule has 0 aromatic heterocycles. The number of sulfonamides is 2. The normalized spacial score (nSPS) is 14.8. The van der Waals surface area contributed by atoms with E-state index in [4.69, 9.17) is 5.11 Å². The third-order valence-corrected chi connectivity index (χ3v) is 4.02. The van der Waals surface area contributed by atoms with E-state index in [0.29, 0.717) is 0 Å². The lowest BCUT2D eigenvalue weighted by Gasteiger charge is -2.08. The molecule has 0 saturated heterocycles. The minimum absolute atomic E-state index is 0.446. The molecule has 1 unspecified atom stereocenters. The fraction of sp³-hybridized carbons (Fsp3) is 0.800. The first-order valence-electron chi connectivity index (χ1n) is 3.78. The Morgan fingerprint density at radius 2 is 1.87 bits per heavy atom. The number of hydrogen-bond donors (Lipinski definition) is 3. The number of rotatable bonds is 6. The van der Waals surface area contributed by atoms with Crippen LogP contribution < -0.4 is 9.86 Å². The van der Waals surface area contributed by atoms with E-state index in [1.807, 2.05) is 4.72 Å². The Morgan fingerprint density at radius 3 is 2.20 bits per heavy atom. The Kier molecular flexibility index (Phi) is 4.65. The Morgan fingerprint density at radius 1 is 1.40 bits per heavy atom. The average molecular weight is 260 g/mol. The van der Waals surface area contributed by atoms with E-state index in [1.165, 1.54) is 0 Å². The summed E-state index contributed by atoms with van der Waals surface area (Å²) in [6, 6.07) is 0. The van der Waals surface area contributed by atoms with Gasteiger partial charge in [-0.25, -0.2) is 26.7 Å². The highest BCUT2D eigenvalue weighted by Crippen LogP contribution is 1.97. The van der Waals surface area contributed by atoms with Crippen molar-refractivity contribution in [2.24, 2.45) is 5.14 Å². The van der Waals surface area contributed by atoms with Gasteiger partial charge in [0.15, 0.2) is 5.25 Å². The molecule has 0 aliphatic heterocycles. The van der Waals surface area contributed by atoms with E-state index in [1.54, 1.807) is 0 Å². The summed E-state index contributed by atoms with van der Waals surface area (Å²) in [6.07, 6.45) is 0. The zero-order valence-corrected chi connectivity index (χ0v) is 9.51. The summed E-state index contributed by atoms with van der Waals surface area (Å²) in [7, 11) is -7.82. The Hall–Kier alpha value is -0.710. The molecule has 90 valence electrons. The predicted molar refractivity (Wildman–Crippen MR) is 52.0 cm³/mol. The molecule has 0 spiro atoms. The van der Waals surface area contributed by atoms with Crippen LogP contribution in [0.3, 0.4) is 0 Å². The summed E-state index contributed by atoms with van der Waals surface area (Å²) in [5.74, 6) is -2.10. The molecule has 15 heavy (non-hydrogen) atoms. The minimum Gasteiger partial charge on any atom is -0.480 e. The molecule has 4 N–H and O–H groups in total. The highest BCUT2D eigenvalue weighted by atomic mass is 32.2. The van der Waals surface area contributed by atoms with Gasteiger partial charge in [-0.3, -0.25) is 4.79 Å². The number of nitrogens with one attached hydrogen (secondary N) is 1. The zero-order chi connectivity index (χ0) is 12.3. The molecule has 0 rings (SSSR count). The first-order valence-corrected chi connectivity index (χ1v) is 7.04. The molecule has 0 aromatic rings. The monoisotopic (exact) mass is 260 g/mol. The average Bonchev–Trinajstić information content (AvgIpc) is 1.99. The van der Waals surface area contributed by atoms with Crippen molar-refractivity contribution < 1.29 is 26.7 Å². The minimum atomic E-state index is -4.05. The Labute approximate surface area is 87.6 Å². The molecule has 0 aromatic carbocycles. The molecule has 0 saturated carbocycles. The van der Waals surface area contributed by atoms with Crippen molar-refractivity contribution in [2.75, 3.05) is 12.3 Å². The Balaban J connectivity index is 4.36. The van der Waals surface area contributed by atoms with Gasteiger partial charge in [-0.15, -0.1) is 0 Å². The van der Waals surface area contributed by atoms with Crippen molar-refractivity contribution in [2.45, 2.75) is 12.2 Å². The van der Waals surface area contributed by atoms with Crippen molar-refractivity contribution in [1.29, 1.82) is 0 Å². The Bertz CT molecular complexity index is 424. The molecule has 0 aliphatic carbocycles. The smallest absolute Gasteiger partial charge is 0.323 e. The van der Waals surface area contributed by atoms with Gasteiger partial charge in [-0.05, 0) is 6.92 Å². The summed E-state index contributed by atoms with van der Waals surface area (Å²) in [6.45, 7) is 0.528. The molecular weight excluding hydrogens is 248 g/mol. The number of carboxylic acids is 1. The van der Waals surface area contributed by atoms with Gasteiger partial charge in [0.1, 0.15) is 0 Å². The summed E-state index contributed by atoms with van der Waals surface area (Å²) in [4.78, 5) is 10.3. The van der Waals surface area contributed by atoms with E-state index >= 15 is 0 Å². The number of carbonyl (C=O) groups is 1. The van der Waals surface area contributed by atoms with Crippen LogP contribution in [0.15, 0.2) is 0 Å². The van der Waals surface area contributed by atoms with Crippen LogP contribution >= 0.6 is 0 Å². The summed E-state index contributed by atoms with van der Waals surface area (Å²) < 4.78 is 45.0. The van der Waals surface area contributed by atoms with Gasteiger partial charge in [-0.2, -0.15) is 0 Å². The summed E-state index contributed by atoms with van der Waals surface area (Å²) >= 11 is 0. The van der Waals surface area contributed by atoms with E-state index in [2.05, 4.69) is 5.14 Å². The van der Waals surface area contributed by atoms with Crippen molar-refractivity contribution in [3.63, 3.8) is 0 Å². The lowest BCUT2D eigenvalue weighted by Crippen LogP contribution is -2.40. The van der Waals surface area contributed by atoms with E-state index in [-0.39, 0.29) is 0 Å². The third-order valence-electron chi connectivity index (χ3n) is 1.50. The zero-order valence-electron chi connectivity index (χ0n) is 7.87. The summed E-state index contributed by atoms with van der Waals surface area (Å²) in [5, 5.41) is 11.4. The van der Waals surface area contributed by atoms with Crippen molar-refractivity contribution in [3.05, 3.63) is 0 Å². The molecule has 0 radical (unpaired) electrons. The second kappa shape index (κ2) is 4.88. The highest BCUT2D eigenvalue weighted by molar-refractivity contribution is 7.91. The van der Waals surface area contributed by atoms with Gasteiger partial charge < -0.3 is 5.11 Å². The predicted octanol–water partition coefficient (Wildman–Crippen LogP) is -2.33. The first kappa shape index (κ1) is 14.3. The van der Waals surface area contributed by atoms with Crippen LogP contribution in [-0.2, 0) is 24.8 Å². The van der Waals surface area contributed by atoms with Gasteiger partial charge in [0, 0.05) is 6.54 Å². The fourth-order valence-electron chi connectivity index (χ4n) is 0.584. The molecule has 1 atom stereocenters. The maximum Gasteiger partial charge on any atom is 0.323 e. The largest absolute Gasteiger partial charge is 0.480 e. The molecule has 10 heteroatoms. The number of nitrogens with two attached hydrogens (primary N) is 1. The van der Waals surface area contributed by atoms with Crippen LogP contribution in [0.4, 0.5) is 0 Å².